The van der Waals surface area contributed by atoms with E-state index in [1.165, 1.54) is 6.07 Å². The van der Waals surface area contributed by atoms with Crippen molar-refractivity contribution in [3.63, 3.8) is 0 Å². The van der Waals surface area contributed by atoms with Crippen LogP contribution < -0.4 is 4.74 Å². The van der Waals surface area contributed by atoms with Crippen molar-refractivity contribution in [3.05, 3.63) is 65.5 Å². The maximum atomic E-state index is 13.7. The highest BCUT2D eigenvalue weighted by Gasteiger charge is 2.12. The van der Waals surface area contributed by atoms with Crippen LogP contribution in [0.5, 0.6) is 5.75 Å². The highest BCUT2D eigenvalue weighted by Crippen LogP contribution is 2.26. The van der Waals surface area contributed by atoms with Gasteiger partial charge in [-0.2, -0.15) is 0 Å². The maximum Gasteiger partial charge on any atom is 0.165 e. The second-order valence-corrected chi connectivity index (χ2v) is 3.94. The van der Waals surface area contributed by atoms with Crippen molar-refractivity contribution in [2.45, 2.75) is 13.0 Å². The molecule has 0 saturated heterocycles. The Hall–Kier alpha value is -1.87. The second kappa shape index (κ2) is 5.65. The van der Waals surface area contributed by atoms with Crippen molar-refractivity contribution in [2.24, 2.45) is 0 Å². The highest BCUT2D eigenvalue weighted by molar-refractivity contribution is 5.35. The van der Waals surface area contributed by atoms with E-state index in [4.69, 9.17) is 4.74 Å². The van der Waals surface area contributed by atoms with Gasteiger partial charge in [-0.1, -0.05) is 36.4 Å². The van der Waals surface area contributed by atoms with Crippen LogP contribution in [-0.2, 0) is 0 Å². The Morgan fingerprint density at radius 1 is 1.11 bits per heavy atom. The Labute approximate surface area is 106 Å². The Morgan fingerprint density at radius 2 is 1.83 bits per heavy atom. The molecule has 3 heteroatoms. The molecule has 0 aromatic heterocycles. The van der Waals surface area contributed by atoms with Gasteiger partial charge in [-0.05, 0) is 30.2 Å². The normalized spacial score (nSPS) is 12.2. The van der Waals surface area contributed by atoms with Gasteiger partial charge in [0.25, 0.3) is 0 Å². The van der Waals surface area contributed by atoms with Crippen LogP contribution in [0, 0.1) is 5.82 Å². The molecule has 2 rings (SSSR count). The summed E-state index contributed by atoms with van der Waals surface area (Å²) in [5, 5.41) is 10.1. The minimum Gasteiger partial charge on any atom is -0.491 e. The molecule has 2 nitrogen and oxygen atoms in total. The fourth-order valence-corrected chi connectivity index (χ4v) is 1.79. The minimum absolute atomic E-state index is 0.210. The summed E-state index contributed by atoms with van der Waals surface area (Å²) < 4.78 is 18.8. The Morgan fingerprint density at radius 3 is 2.44 bits per heavy atom. The Balaban J connectivity index is 2.26. The van der Waals surface area contributed by atoms with E-state index < -0.39 is 11.9 Å². The monoisotopic (exact) mass is 246 g/mol. The van der Waals surface area contributed by atoms with E-state index in [-0.39, 0.29) is 5.75 Å². The number of rotatable bonds is 4. The van der Waals surface area contributed by atoms with Gasteiger partial charge in [0.05, 0.1) is 6.61 Å². The third kappa shape index (κ3) is 2.68. The van der Waals surface area contributed by atoms with E-state index in [0.29, 0.717) is 12.2 Å². The first-order chi connectivity index (χ1) is 8.72. The summed E-state index contributed by atoms with van der Waals surface area (Å²) in [5.74, 6) is -0.245. The van der Waals surface area contributed by atoms with Gasteiger partial charge in [-0.3, -0.25) is 0 Å². The van der Waals surface area contributed by atoms with Gasteiger partial charge >= 0.3 is 0 Å². The molecule has 0 radical (unpaired) electrons. The number of hydrogen-bond donors (Lipinski definition) is 1. The predicted molar refractivity (Wildman–Crippen MR) is 68.1 cm³/mol. The molecule has 0 fully saturated rings. The van der Waals surface area contributed by atoms with Gasteiger partial charge < -0.3 is 9.84 Å². The zero-order chi connectivity index (χ0) is 13.0. The lowest BCUT2D eigenvalue weighted by atomic mass is 10.0. The van der Waals surface area contributed by atoms with Crippen molar-refractivity contribution in [2.75, 3.05) is 6.61 Å². The molecule has 0 aliphatic heterocycles. The van der Waals surface area contributed by atoms with Crippen LogP contribution in [0.1, 0.15) is 24.2 Å². The predicted octanol–water partition coefficient (Wildman–Crippen LogP) is 3.31. The van der Waals surface area contributed by atoms with Crippen LogP contribution in [0.15, 0.2) is 48.5 Å². The van der Waals surface area contributed by atoms with Crippen molar-refractivity contribution < 1.29 is 14.2 Å². The Bertz CT molecular complexity index is 511. The van der Waals surface area contributed by atoms with Gasteiger partial charge in [0.1, 0.15) is 6.10 Å². The van der Waals surface area contributed by atoms with E-state index >= 15 is 0 Å². The molecule has 1 N–H and O–H groups in total. The van der Waals surface area contributed by atoms with Crippen LogP contribution in [-0.4, -0.2) is 11.7 Å². The largest absolute Gasteiger partial charge is 0.491 e. The molecule has 18 heavy (non-hydrogen) atoms. The summed E-state index contributed by atoms with van der Waals surface area (Å²) in [6.45, 7) is 2.21. The van der Waals surface area contributed by atoms with E-state index in [1.807, 2.05) is 18.2 Å². The fourth-order valence-electron chi connectivity index (χ4n) is 1.79. The van der Waals surface area contributed by atoms with Gasteiger partial charge in [-0.25, -0.2) is 4.39 Å². The maximum absolute atomic E-state index is 13.7. The molecule has 94 valence electrons. The third-order valence-electron chi connectivity index (χ3n) is 2.69. The van der Waals surface area contributed by atoms with Crippen LogP contribution in [0.2, 0.25) is 0 Å². The van der Waals surface area contributed by atoms with Crippen molar-refractivity contribution in [1.29, 1.82) is 0 Å². The SMILES string of the molecule is CCOc1ccc(C(O)c2ccccc2)cc1F. The number of aliphatic hydroxyl groups is 1. The molecule has 0 aliphatic carbocycles. The summed E-state index contributed by atoms with van der Waals surface area (Å²) >= 11 is 0. The summed E-state index contributed by atoms with van der Waals surface area (Å²) in [7, 11) is 0. The first kappa shape index (κ1) is 12.6. The topological polar surface area (TPSA) is 29.5 Å². The first-order valence-corrected chi connectivity index (χ1v) is 5.87. The average molecular weight is 246 g/mol. The molecular weight excluding hydrogens is 231 g/mol. The molecule has 0 amide bonds. The second-order valence-electron chi connectivity index (χ2n) is 3.94. The molecule has 1 atom stereocenters. The smallest absolute Gasteiger partial charge is 0.165 e. The van der Waals surface area contributed by atoms with Crippen LogP contribution >= 0.6 is 0 Å². The van der Waals surface area contributed by atoms with Crippen LogP contribution in [0.4, 0.5) is 4.39 Å². The molecular formula is C15H15FO2. The third-order valence-corrected chi connectivity index (χ3v) is 2.69. The lowest BCUT2D eigenvalue weighted by Crippen LogP contribution is -2.01. The minimum atomic E-state index is -0.823. The molecule has 0 saturated carbocycles. The summed E-state index contributed by atoms with van der Waals surface area (Å²) in [5.41, 5.74) is 1.25. The van der Waals surface area contributed by atoms with Gasteiger partial charge in [0.2, 0.25) is 0 Å². The van der Waals surface area contributed by atoms with Crippen LogP contribution in [0.3, 0.4) is 0 Å². The molecule has 1 unspecified atom stereocenters. The van der Waals surface area contributed by atoms with Crippen molar-refractivity contribution in [1.82, 2.24) is 0 Å². The van der Waals surface area contributed by atoms with E-state index in [9.17, 15) is 9.50 Å². The molecule has 0 spiro atoms. The zero-order valence-corrected chi connectivity index (χ0v) is 10.1. The fraction of sp³-hybridized carbons (Fsp3) is 0.200. The highest BCUT2D eigenvalue weighted by atomic mass is 19.1. The van der Waals surface area contributed by atoms with Crippen molar-refractivity contribution >= 4 is 0 Å². The number of benzene rings is 2. The molecule has 2 aromatic carbocycles. The van der Waals surface area contributed by atoms with E-state index in [1.54, 1.807) is 31.2 Å². The summed E-state index contributed by atoms with van der Waals surface area (Å²) in [4.78, 5) is 0. The quantitative estimate of drug-likeness (QED) is 0.896. The molecule has 0 bridgehead atoms. The standard InChI is InChI=1S/C15H15FO2/c1-2-18-14-9-8-12(10-13(14)16)15(17)11-6-4-3-5-7-11/h3-10,15,17H,2H2,1H3. The number of hydrogen-bond acceptors (Lipinski definition) is 2. The number of aliphatic hydroxyl groups excluding tert-OH is 1. The summed E-state index contributed by atoms with van der Waals surface area (Å²) in [6.07, 6.45) is -0.823. The lowest BCUT2D eigenvalue weighted by Gasteiger charge is -2.13. The zero-order valence-electron chi connectivity index (χ0n) is 10.1. The molecule has 0 heterocycles. The van der Waals surface area contributed by atoms with E-state index in [2.05, 4.69) is 0 Å². The van der Waals surface area contributed by atoms with Crippen molar-refractivity contribution in [3.8, 4) is 5.75 Å². The number of halogens is 1. The van der Waals surface area contributed by atoms with Gasteiger partial charge in [-0.15, -0.1) is 0 Å². The van der Waals surface area contributed by atoms with Gasteiger partial charge in [0, 0.05) is 0 Å². The molecule has 2 aromatic rings. The van der Waals surface area contributed by atoms with E-state index in [0.717, 1.165) is 5.56 Å². The summed E-state index contributed by atoms with van der Waals surface area (Å²) in [6, 6.07) is 13.7. The Kier molecular flexibility index (Phi) is 3.95. The van der Waals surface area contributed by atoms with Gasteiger partial charge in [0.15, 0.2) is 11.6 Å². The number of ether oxygens (including phenoxy) is 1. The lowest BCUT2D eigenvalue weighted by molar-refractivity contribution is 0.219. The van der Waals surface area contributed by atoms with Crippen LogP contribution in [0.25, 0.3) is 0 Å². The first-order valence-electron chi connectivity index (χ1n) is 5.87. The molecule has 0 aliphatic rings. The average Bonchev–Trinajstić information content (AvgIpc) is 2.41.